The number of benzene rings is 1. The third-order valence-corrected chi connectivity index (χ3v) is 3.78. The van der Waals surface area contributed by atoms with Gasteiger partial charge in [-0.05, 0) is 64.2 Å². The number of rotatable bonds is 4. The molecule has 4 nitrogen and oxygen atoms in total. The highest BCUT2D eigenvalue weighted by Gasteiger charge is 2.48. The van der Waals surface area contributed by atoms with Crippen molar-refractivity contribution in [1.82, 2.24) is 0 Å². The molecule has 0 bridgehead atoms. The van der Waals surface area contributed by atoms with Crippen molar-refractivity contribution in [2.45, 2.75) is 18.9 Å². The van der Waals surface area contributed by atoms with Crippen LogP contribution in [0.3, 0.4) is 0 Å². The average Bonchev–Trinajstić information content (AvgIpc) is 2.33. The number of phenols is 1. The molecule has 1 aromatic rings. The summed E-state index contributed by atoms with van der Waals surface area (Å²) in [5.41, 5.74) is 5.24. The van der Waals surface area contributed by atoms with E-state index in [1.54, 1.807) is 28.7 Å². The maximum atomic E-state index is 13.8. The third kappa shape index (κ3) is 3.66. The van der Waals surface area contributed by atoms with Crippen LogP contribution in [0, 0.1) is 7.14 Å². The predicted molar refractivity (Wildman–Crippen MR) is 82.0 cm³/mol. The third-order valence-electron chi connectivity index (χ3n) is 2.33. The van der Waals surface area contributed by atoms with Crippen molar-refractivity contribution in [3.05, 3.63) is 24.8 Å². The minimum absolute atomic E-state index is 0.170. The van der Waals surface area contributed by atoms with Crippen LogP contribution in [0.4, 0.5) is 8.78 Å². The van der Waals surface area contributed by atoms with Gasteiger partial charge in [0.05, 0.1) is 10.2 Å². The average molecular weight is 497 g/mol. The van der Waals surface area contributed by atoms with E-state index < -0.39 is 17.9 Å². The van der Waals surface area contributed by atoms with Crippen LogP contribution in [-0.2, 0) is 9.53 Å². The van der Waals surface area contributed by atoms with Crippen molar-refractivity contribution in [3.8, 4) is 5.75 Å². The second-order valence-electron chi connectivity index (χ2n) is 3.65. The van der Waals surface area contributed by atoms with Crippen molar-refractivity contribution in [3.63, 3.8) is 0 Å². The van der Waals surface area contributed by atoms with Crippen LogP contribution < -0.4 is 5.73 Å². The maximum absolute atomic E-state index is 13.8. The van der Waals surface area contributed by atoms with Crippen molar-refractivity contribution in [2.24, 2.45) is 5.73 Å². The first-order valence-corrected chi connectivity index (χ1v) is 7.36. The number of halogens is 4. The summed E-state index contributed by atoms with van der Waals surface area (Å²) in [7, 11) is 0. The molecule has 0 spiro atoms. The highest BCUT2D eigenvalue weighted by Crippen LogP contribution is 2.38. The fourth-order valence-electron chi connectivity index (χ4n) is 1.37. The predicted octanol–water partition coefficient (Wildman–Crippen LogP) is 2.80. The zero-order valence-corrected chi connectivity index (χ0v) is 14.1. The lowest BCUT2D eigenvalue weighted by Gasteiger charge is -2.23. The van der Waals surface area contributed by atoms with Crippen molar-refractivity contribution < 1.29 is 23.4 Å². The van der Waals surface area contributed by atoms with Gasteiger partial charge in [0.2, 0.25) is 0 Å². The number of ether oxygens (including phenoxy) is 1. The highest BCUT2D eigenvalue weighted by molar-refractivity contribution is 14.1. The van der Waals surface area contributed by atoms with Crippen LogP contribution in [0.25, 0.3) is 0 Å². The van der Waals surface area contributed by atoms with E-state index in [1.165, 1.54) is 13.0 Å². The molecule has 1 atom stereocenters. The molecule has 0 saturated carbocycles. The second-order valence-corrected chi connectivity index (χ2v) is 6.05. The number of hydrogen-bond donors (Lipinski definition) is 2. The van der Waals surface area contributed by atoms with E-state index in [0.717, 1.165) is 0 Å². The molecule has 0 aromatic heterocycles. The van der Waals surface area contributed by atoms with Gasteiger partial charge in [-0.3, -0.25) is 0 Å². The van der Waals surface area contributed by atoms with E-state index in [9.17, 15) is 18.7 Å². The lowest BCUT2D eigenvalue weighted by atomic mass is 10.0. The minimum atomic E-state index is -3.90. The number of carbonyl (C=O) groups is 1. The Morgan fingerprint density at radius 1 is 1.53 bits per heavy atom. The Balaban J connectivity index is 3.19. The molecule has 19 heavy (non-hydrogen) atoms. The Kier molecular flexibility index (Phi) is 5.74. The van der Waals surface area contributed by atoms with Crippen molar-refractivity contribution >= 4 is 51.2 Å². The summed E-state index contributed by atoms with van der Waals surface area (Å²) in [4.78, 5) is 11.2. The van der Waals surface area contributed by atoms with Crippen LogP contribution in [-0.4, -0.2) is 23.6 Å². The Labute approximate surface area is 136 Å². The summed E-state index contributed by atoms with van der Waals surface area (Å²) in [6, 6.07) is 0.958. The van der Waals surface area contributed by atoms with E-state index in [4.69, 9.17) is 5.73 Å². The lowest BCUT2D eigenvalue weighted by Crippen LogP contribution is -2.41. The first-order chi connectivity index (χ1) is 8.71. The molecular weight excluding hydrogens is 486 g/mol. The summed E-state index contributed by atoms with van der Waals surface area (Å²) in [5.74, 6) is -5.95. The molecule has 0 unspecified atom stereocenters. The van der Waals surface area contributed by atoms with Gasteiger partial charge in [-0.25, -0.2) is 4.79 Å². The summed E-state index contributed by atoms with van der Waals surface area (Å²) in [5, 5.41) is 9.79. The SMILES string of the molecule is CCOC(=O)C(F)(F)[C@H](N)c1cc(I)cc(I)c1O. The monoisotopic (exact) mass is 497 g/mol. The summed E-state index contributed by atoms with van der Waals surface area (Å²) >= 11 is 3.71. The van der Waals surface area contributed by atoms with Crippen LogP contribution in [0.5, 0.6) is 5.75 Å². The number of esters is 1. The molecule has 8 heteroatoms. The Bertz CT molecular complexity index is 497. The van der Waals surface area contributed by atoms with Gasteiger partial charge in [0.15, 0.2) is 0 Å². The summed E-state index contributed by atoms with van der Waals surface area (Å²) < 4.78 is 32.9. The number of hydrogen-bond acceptors (Lipinski definition) is 4. The minimum Gasteiger partial charge on any atom is -0.506 e. The van der Waals surface area contributed by atoms with E-state index in [0.29, 0.717) is 7.14 Å². The largest absolute Gasteiger partial charge is 0.506 e. The number of aromatic hydroxyl groups is 1. The molecular formula is C11H11F2I2NO3. The Morgan fingerprint density at radius 3 is 2.63 bits per heavy atom. The molecule has 0 heterocycles. The van der Waals surface area contributed by atoms with Gasteiger partial charge in [0, 0.05) is 9.13 Å². The first-order valence-electron chi connectivity index (χ1n) is 5.20. The first kappa shape index (κ1) is 16.8. The van der Waals surface area contributed by atoms with Gasteiger partial charge >= 0.3 is 11.9 Å². The molecule has 0 aliphatic rings. The standard InChI is InChI=1S/C11H11F2I2NO3/c1-2-19-10(18)11(12,13)9(16)6-3-5(14)4-7(15)8(6)17/h3-4,9,17H,2,16H2,1H3/t9-/m1/s1. The van der Waals surface area contributed by atoms with Crippen LogP contribution in [0.2, 0.25) is 0 Å². The van der Waals surface area contributed by atoms with Crippen molar-refractivity contribution in [1.29, 1.82) is 0 Å². The zero-order valence-electron chi connectivity index (χ0n) is 9.79. The van der Waals surface area contributed by atoms with E-state index >= 15 is 0 Å². The van der Waals surface area contributed by atoms with Crippen molar-refractivity contribution in [2.75, 3.05) is 6.61 Å². The van der Waals surface area contributed by atoms with Gasteiger partial charge in [0.25, 0.3) is 0 Å². The van der Waals surface area contributed by atoms with Gasteiger partial charge < -0.3 is 15.6 Å². The number of carbonyl (C=O) groups excluding carboxylic acids is 1. The van der Waals surface area contributed by atoms with Crippen LogP contribution >= 0.6 is 45.2 Å². The quantitative estimate of drug-likeness (QED) is 0.496. The molecule has 0 saturated heterocycles. The van der Waals surface area contributed by atoms with Gasteiger partial charge in [-0.15, -0.1) is 0 Å². The molecule has 0 radical (unpaired) electrons. The zero-order chi connectivity index (χ0) is 14.8. The Hall–Kier alpha value is -0.230. The van der Waals surface area contributed by atoms with E-state index in [-0.39, 0.29) is 17.9 Å². The molecule has 1 rings (SSSR count). The number of nitrogens with two attached hydrogens (primary N) is 1. The van der Waals surface area contributed by atoms with Gasteiger partial charge in [-0.2, -0.15) is 8.78 Å². The van der Waals surface area contributed by atoms with Crippen LogP contribution in [0.1, 0.15) is 18.5 Å². The topological polar surface area (TPSA) is 72.5 Å². The summed E-state index contributed by atoms with van der Waals surface area (Å²) in [6.07, 6.45) is 0. The Morgan fingerprint density at radius 2 is 2.11 bits per heavy atom. The lowest BCUT2D eigenvalue weighted by molar-refractivity contribution is -0.174. The van der Waals surface area contributed by atoms with E-state index in [2.05, 4.69) is 4.74 Å². The molecule has 0 fully saturated rings. The normalized spacial score (nSPS) is 13.2. The molecule has 0 aliphatic heterocycles. The number of phenolic OH excluding ortho intramolecular Hbond substituents is 1. The second kappa shape index (κ2) is 6.48. The molecule has 0 aliphatic carbocycles. The highest BCUT2D eigenvalue weighted by atomic mass is 127. The molecule has 106 valence electrons. The number of alkyl halides is 2. The summed E-state index contributed by atoms with van der Waals surface area (Å²) in [6.45, 7) is 1.25. The maximum Gasteiger partial charge on any atom is 0.379 e. The molecule has 0 amide bonds. The fourth-order valence-corrected chi connectivity index (χ4v) is 3.26. The van der Waals surface area contributed by atoms with Gasteiger partial charge in [-0.1, -0.05) is 0 Å². The van der Waals surface area contributed by atoms with Crippen LogP contribution in [0.15, 0.2) is 12.1 Å². The molecule has 3 N–H and O–H groups in total. The molecule has 1 aromatic carbocycles. The van der Waals surface area contributed by atoms with Gasteiger partial charge in [0.1, 0.15) is 11.8 Å². The van der Waals surface area contributed by atoms with E-state index in [1.807, 2.05) is 22.6 Å². The fraction of sp³-hybridized carbons (Fsp3) is 0.364. The smallest absolute Gasteiger partial charge is 0.379 e.